The molecule has 0 bridgehead atoms. The molecular formula is C20H30Cl2N4O. The summed E-state index contributed by atoms with van der Waals surface area (Å²) in [6.07, 6.45) is 3.27. The average Bonchev–Trinajstić information content (AvgIpc) is 2.76. The van der Waals surface area contributed by atoms with Gasteiger partial charge in [-0.15, -0.1) is 0 Å². The van der Waals surface area contributed by atoms with Crippen LogP contribution in [-0.2, 0) is 0 Å². The first-order valence-electron chi connectivity index (χ1n) is 13.1. The van der Waals surface area contributed by atoms with Gasteiger partial charge in [0, 0.05) is 44.6 Å². The van der Waals surface area contributed by atoms with Crippen molar-refractivity contribution >= 4 is 34.9 Å². The van der Waals surface area contributed by atoms with Crippen LogP contribution in [0.15, 0.2) is 18.2 Å². The zero-order valence-corrected chi connectivity index (χ0v) is 16.7. The second kappa shape index (κ2) is 9.85. The summed E-state index contributed by atoms with van der Waals surface area (Å²) in [6, 6.07) is 3.91. The maximum absolute atomic E-state index is 11.5. The monoisotopic (exact) mass is 420 g/mol. The minimum absolute atomic E-state index is 0.0147. The quantitative estimate of drug-likeness (QED) is 0.756. The van der Waals surface area contributed by atoms with E-state index < -0.39 is 26.0 Å². The van der Waals surface area contributed by atoms with E-state index in [9.17, 15) is 4.79 Å². The van der Waals surface area contributed by atoms with Crippen LogP contribution in [0.25, 0.3) is 0 Å². The molecule has 1 saturated heterocycles. The Balaban J connectivity index is 1.83. The summed E-state index contributed by atoms with van der Waals surface area (Å²) in [5.41, 5.74) is -0.233. The fourth-order valence-electron chi connectivity index (χ4n) is 3.34. The van der Waals surface area contributed by atoms with E-state index in [1.54, 1.807) is 7.05 Å². The first kappa shape index (κ1) is 12.4. The molecule has 0 atom stereocenters. The maximum atomic E-state index is 11.5. The van der Waals surface area contributed by atoms with Crippen LogP contribution in [0, 0.1) is 5.92 Å². The van der Waals surface area contributed by atoms with Crippen molar-refractivity contribution in [2.24, 2.45) is 5.92 Å². The van der Waals surface area contributed by atoms with Crippen molar-refractivity contribution in [3.8, 4) is 0 Å². The van der Waals surface area contributed by atoms with E-state index >= 15 is 0 Å². The van der Waals surface area contributed by atoms with Gasteiger partial charge in [0.2, 0.25) is 0 Å². The van der Waals surface area contributed by atoms with E-state index in [2.05, 4.69) is 10.6 Å². The molecule has 5 nitrogen and oxygen atoms in total. The summed E-state index contributed by atoms with van der Waals surface area (Å²) in [5, 5.41) is 5.21. The van der Waals surface area contributed by atoms with E-state index in [1.165, 1.54) is 18.2 Å². The lowest BCUT2D eigenvalue weighted by Crippen LogP contribution is -2.47. The molecule has 3 rings (SSSR count). The van der Waals surface area contributed by atoms with Gasteiger partial charge in [-0.3, -0.25) is 4.90 Å². The fraction of sp³-hybridized carbons (Fsp3) is 0.650. The standard InChI is InChI=1S/C20H30Cl2N4O/c1-23-20(27)24-16-7-5-15(6-8-16)9-10-25-11-13-26(14-12-25)18-4-2-3-17(21)19(18)22/h2-4,15-16H,5-14H2,1H3,(H2,23,24,27)/i11D2,12D2,13D2,14D2. The summed E-state index contributed by atoms with van der Waals surface area (Å²) in [5.74, 6) is 0.112. The molecule has 0 radical (unpaired) electrons. The highest BCUT2D eigenvalue weighted by Crippen LogP contribution is 2.33. The van der Waals surface area contributed by atoms with Crippen molar-refractivity contribution in [2.45, 2.75) is 38.1 Å². The van der Waals surface area contributed by atoms with Gasteiger partial charge >= 0.3 is 6.03 Å². The third-order valence-electron chi connectivity index (χ3n) is 4.94. The van der Waals surface area contributed by atoms with Crippen molar-refractivity contribution in [1.82, 2.24) is 15.5 Å². The number of hydrogen-bond donors (Lipinski definition) is 2. The number of rotatable bonds is 5. The van der Waals surface area contributed by atoms with Gasteiger partial charge < -0.3 is 15.5 Å². The lowest BCUT2D eigenvalue weighted by Gasteiger charge is -2.37. The van der Waals surface area contributed by atoms with Gasteiger partial charge in [0.05, 0.1) is 21.2 Å². The van der Waals surface area contributed by atoms with Crippen LogP contribution >= 0.6 is 23.2 Å². The second-order valence-corrected chi connectivity index (χ2v) is 7.52. The van der Waals surface area contributed by atoms with Gasteiger partial charge in [0.15, 0.2) is 0 Å². The number of urea groups is 1. The van der Waals surface area contributed by atoms with Crippen LogP contribution in [0.5, 0.6) is 0 Å². The summed E-state index contributed by atoms with van der Waals surface area (Å²) < 4.78 is 68.9. The zero-order chi connectivity index (χ0) is 26.4. The number of hydrogen-bond acceptors (Lipinski definition) is 3. The molecule has 1 heterocycles. The highest BCUT2D eigenvalue weighted by atomic mass is 35.5. The minimum atomic E-state index is -2.99. The van der Waals surface area contributed by atoms with Crippen molar-refractivity contribution in [1.29, 1.82) is 0 Å². The number of nitrogens with zero attached hydrogens (tertiary/aromatic N) is 2. The number of halogens is 2. The third kappa shape index (κ3) is 5.66. The molecule has 27 heavy (non-hydrogen) atoms. The molecule has 0 spiro atoms. The predicted molar refractivity (Wildman–Crippen MR) is 113 cm³/mol. The molecule has 7 heteroatoms. The summed E-state index contributed by atoms with van der Waals surface area (Å²) >= 11 is 12.3. The van der Waals surface area contributed by atoms with E-state index in [0.29, 0.717) is 16.2 Å². The molecule has 1 aromatic rings. The number of anilines is 1. The van der Waals surface area contributed by atoms with Crippen molar-refractivity contribution < 1.29 is 15.8 Å². The van der Waals surface area contributed by atoms with Gasteiger partial charge in [-0.2, -0.15) is 0 Å². The largest absolute Gasteiger partial charge is 0.368 e. The van der Waals surface area contributed by atoms with E-state index in [4.69, 9.17) is 34.2 Å². The molecule has 2 N–H and O–H groups in total. The van der Waals surface area contributed by atoms with Gasteiger partial charge in [-0.05, 0) is 56.7 Å². The van der Waals surface area contributed by atoms with Gasteiger partial charge in [-0.25, -0.2) is 4.79 Å². The van der Waals surface area contributed by atoms with Crippen molar-refractivity contribution in [2.75, 3.05) is 44.5 Å². The summed E-state index contributed by atoms with van der Waals surface area (Å²) in [6.45, 7) is -12.0. The van der Waals surface area contributed by atoms with E-state index in [1.807, 2.05) is 0 Å². The predicted octanol–water partition coefficient (Wildman–Crippen LogP) is 3.99. The highest BCUT2D eigenvalue weighted by molar-refractivity contribution is 6.43. The van der Waals surface area contributed by atoms with Crippen LogP contribution in [-0.4, -0.2) is 56.6 Å². The van der Waals surface area contributed by atoms with Crippen LogP contribution in [0.3, 0.4) is 0 Å². The maximum Gasteiger partial charge on any atom is 0.314 e. The van der Waals surface area contributed by atoms with E-state index in [0.717, 1.165) is 25.7 Å². The van der Waals surface area contributed by atoms with Crippen LogP contribution in [0.1, 0.15) is 43.1 Å². The van der Waals surface area contributed by atoms with Crippen LogP contribution < -0.4 is 15.5 Å². The molecule has 1 aliphatic heterocycles. The SMILES string of the molecule is [2H]C1([2H])N(CCC2CCC(NC(=O)NC)CC2)C([2H])([2H])C([2H])([2H])N(c2cccc(Cl)c2Cl)C1([2H])[2H]. The molecule has 2 amide bonds. The van der Waals surface area contributed by atoms with Gasteiger partial charge in [0.25, 0.3) is 0 Å². The molecule has 2 aliphatic rings. The topological polar surface area (TPSA) is 47.6 Å². The average molecular weight is 421 g/mol. The van der Waals surface area contributed by atoms with Gasteiger partial charge in [0.1, 0.15) is 0 Å². The smallest absolute Gasteiger partial charge is 0.314 e. The number of piperazine rings is 1. The molecule has 1 aromatic carbocycles. The summed E-state index contributed by atoms with van der Waals surface area (Å²) in [7, 11) is 1.54. The number of amides is 2. The normalized spacial score (nSPS) is 35.7. The third-order valence-corrected chi connectivity index (χ3v) is 5.74. The molecule has 2 fully saturated rings. The second-order valence-electron chi connectivity index (χ2n) is 6.74. The van der Waals surface area contributed by atoms with Gasteiger partial charge in [-0.1, -0.05) is 29.3 Å². The lowest BCUT2D eigenvalue weighted by atomic mass is 9.84. The highest BCUT2D eigenvalue weighted by Gasteiger charge is 2.24. The molecule has 150 valence electrons. The van der Waals surface area contributed by atoms with Crippen molar-refractivity contribution in [3.63, 3.8) is 0 Å². The molecular weight excluding hydrogens is 383 g/mol. The zero-order valence-electron chi connectivity index (χ0n) is 23.2. The summed E-state index contributed by atoms with van der Waals surface area (Å²) in [4.78, 5) is 12.6. The Bertz CT molecular complexity index is 916. The Kier molecular flexibility index (Phi) is 4.53. The van der Waals surface area contributed by atoms with Crippen LogP contribution in [0.4, 0.5) is 10.5 Å². The molecule has 0 aromatic heterocycles. The van der Waals surface area contributed by atoms with Crippen molar-refractivity contribution in [3.05, 3.63) is 28.2 Å². The number of carbonyl (C=O) groups excluding carboxylic acids is 1. The number of nitrogens with one attached hydrogen (secondary N) is 2. The Morgan fingerprint density at radius 2 is 1.89 bits per heavy atom. The molecule has 1 saturated carbocycles. The molecule has 0 unspecified atom stereocenters. The first-order chi connectivity index (χ1) is 16.1. The minimum Gasteiger partial charge on any atom is -0.368 e. The Morgan fingerprint density at radius 3 is 2.56 bits per heavy atom. The number of benzene rings is 1. The van der Waals surface area contributed by atoms with Crippen LogP contribution in [0.2, 0.25) is 10.0 Å². The Morgan fingerprint density at radius 1 is 1.19 bits per heavy atom. The van der Waals surface area contributed by atoms with E-state index in [-0.39, 0.29) is 40.3 Å². The first-order valence-corrected chi connectivity index (χ1v) is 9.85. The Labute approximate surface area is 183 Å². The molecule has 1 aliphatic carbocycles. The fourth-order valence-corrected chi connectivity index (χ4v) is 3.72. The number of carbonyl (C=O) groups is 1. The Hall–Kier alpha value is -1.17. The lowest BCUT2D eigenvalue weighted by molar-refractivity contribution is 0.206.